The zero-order valence-electron chi connectivity index (χ0n) is 15.0. The molecule has 0 saturated carbocycles. The number of carbonyl (C=O) groups excluding carboxylic acids is 1. The monoisotopic (exact) mass is 404 g/mol. The van der Waals surface area contributed by atoms with Crippen molar-refractivity contribution in [2.75, 3.05) is 39.5 Å². The fourth-order valence-corrected chi connectivity index (χ4v) is 4.23. The highest BCUT2D eigenvalue weighted by atomic mass is 35.5. The fraction of sp³-hybridized carbons (Fsp3) is 0.588. The summed E-state index contributed by atoms with van der Waals surface area (Å²) >= 11 is 5.98. The highest BCUT2D eigenvalue weighted by Crippen LogP contribution is 2.30. The zero-order valence-corrected chi connectivity index (χ0v) is 16.6. The molecule has 9 heteroatoms. The maximum absolute atomic E-state index is 12.9. The van der Waals surface area contributed by atoms with Crippen LogP contribution in [0.1, 0.15) is 20.3 Å². The Balaban J connectivity index is 2.08. The first-order chi connectivity index (χ1) is 12.3. The van der Waals surface area contributed by atoms with Crippen molar-refractivity contribution < 1.29 is 22.7 Å². The molecule has 1 N–H and O–H groups in total. The van der Waals surface area contributed by atoms with E-state index in [1.165, 1.54) is 22.5 Å². The van der Waals surface area contributed by atoms with Gasteiger partial charge in [-0.1, -0.05) is 25.4 Å². The second-order valence-electron chi connectivity index (χ2n) is 6.43. The molecule has 1 aromatic rings. The molecule has 1 saturated heterocycles. The van der Waals surface area contributed by atoms with Crippen LogP contribution in [0, 0.1) is 5.92 Å². The van der Waals surface area contributed by atoms with Crippen LogP contribution in [-0.2, 0) is 19.6 Å². The van der Waals surface area contributed by atoms with Crippen LogP contribution < -0.4 is 10.1 Å². The van der Waals surface area contributed by atoms with E-state index in [1.807, 2.05) is 0 Å². The van der Waals surface area contributed by atoms with Gasteiger partial charge in [-0.3, -0.25) is 4.79 Å². The first-order valence-corrected chi connectivity index (χ1v) is 10.4. The third-order valence-electron chi connectivity index (χ3n) is 3.90. The van der Waals surface area contributed by atoms with Gasteiger partial charge in [0.05, 0.1) is 13.2 Å². The molecule has 0 aromatic heterocycles. The average Bonchev–Trinajstić information content (AvgIpc) is 2.61. The van der Waals surface area contributed by atoms with E-state index < -0.39 is 10.0 Å². The van der Waals surface area contributed by atoms with Crippen molar-refractivity contribution in [3.63, 3.8) is 0 Å². The Kier molecular flexibility index (Phi) is 7.69. The van der Waals surface area contributed by atoms with Gasteiger partial charge in [0.2, 0.25) is 10.0 Å². The topological polar surface area (TPSA) is 84.9 Å². The number of benzene rings is 1. The summed E-state index contributed by atoms with van der Waals surface area (Å²) < 4.78 is 37.8. The molecule has 1 fully saturated rings. The number of halogens is 1. The van der Waals surface area contributed by atoms with Crippen molar-refractivity contribution in [2.45, 2.75) is 25.2 Å². The third kappa shape index (κ3) is 5.84. The summed E-state index contributed by atoms with van der Waals surface area (Å²) in [6, 6.07) is 4.35. The summed E-state index contributed by atoms with van der Waals surface area (Å²) in [5, 5.41) is 3.03. The van der Waals surface area contributed by atoms with Crippen LogP contribution in [0.25, 0.3) is 0 Å². The predicted octanol–water partition coefficient (Wildman–Crippen LogP) is 1.90. The number of carbonyl (C=O) groups is 1. The maximum Gasteiger partial charge on any atom is 0.257 e. The van der Waals surface area contributed by atoms with Gasteiger partial charge in [-0.2, -0.15) is 4.31 Å². The van der Waals surface area contributed by atoms with E-state index >= 15 is 0 Å². The minimum atomic E-state index is -3.78. The number of sulfonamides is 1. The number of morpholine rings is 1. The molecule has 1 amide bonds. The molecule has 0 spiro atoms. The van der Waals surface area contributed by atoms with Gasteiger partial charge in [0.15, 0.2) is 6.61 Å². The second-order valence-corrected chi connectivity index (χ2v) is 8.77. The summed E-state index contributed by atoms with van der Waals surface area (Å²) in [6.45, 7) is 5.65. The van der Waals surface area contributed by atoms with Gasteiger partial charge in [0.1, 0.15) is 10.6 Å². The van der Waals surface area contributed by atoms with Gasteiger partial charge in [-0.15, -0.1) is 0 Å². The molecular formula is C17H25ClN2O5S. The zero-order chi connectivity index (χ0) is 19.2. The van der Waals surface area contributed by atoms with Crippen LogP contribution in [0.3, 0.4) is 0 Å². The minimum absolute atomic E-state index is 0.0399. The highest BCUT2D eigenvalue weighted by Gasteiger charge is 2.29. The van der Waals surface area contributed by atoms with E-state index in [9.17, 15) is 13.2 Å². The van der Waals surface area contributed by atoms with Crippen molar-refractivity contribution >= 4 is 27.5 Å². The van der Waals surface area contributed by atoms with Crippen LogP contribution >= 0.6 is 11.6 Å². The summed E-state index contributed by atoms with van der Waals surface area (Å²) in [6.07, 6.45) is 0.864. The van der Waals surface area contributed by atoms with Gasteiger partial charge in [0.25, 0.3) is 5.91 Å². The predicted molar refractivity (Wildman–Crippen MR) is 99.0 cm³/mol. The normalized spacial score (nSPS) is 15.8. The molecular weight excluding hydrogens is 380 g/mol. The number of nitrogens with one attached hydrogen (secondary N) is 1. The van der Waals surface area contributed by atoms with Gasteiger partial charge in [0, 0.05) is 24.7 Å². The Labute approximate surface area is 159 Å². The summed E-state index contributed by atoms with van der Waals surface area (Å²) in [7, 11) is -3.78. The number of ether oxygens (including phenoxy) is 2. The van der Waals surface area contributed by atoms with Crippen molar-refractivity contribution in [3.05, 3.63) is 23.2 Å². The quantitative estimate of drug-likeness (QED) is 0.715. The molecule has 1 aliphatic heterocycles. The lowest BCUT2D eigenvalue weighted by Gasteiger charge is -2.26. The minimum Gasteiger partial charge on any atom is -0.482 e. The molecule has 1 aliphatic rings. The Morgan fingerprint density at radius 1 is 1.35 bits per heavy atom. The lowest BCUT2D eigenvalue weighted by atomic mass is 10.1. The molecule has 0 radical (unpaired) electrons. The fourth-order valence-electron chi connectivity index (χ4n) is 2.42. The van der Waals surface area contributed by atoms with E-state index in [4.69, 9.17) is 21.1 Å². The Morgan fingerprint density at radius 3 is 2.69 bits per heavy atom. The molecule has 1 aromatic carbocycles. The largest absolute Gasteiger partial charge is 0.482 e. The Bertz CT molecular complexity index is 718. The van der Waals surface area contributed by atoms with E-state index in [2.05, 4.69) is 19.2 Å². The first kappa shape index (κ1) is 21.0. The lowest BCUT2D eigenvalue weighted by Crippen LogP contribution is -2.40. The summed E-state index contributed by atoms with van der Waals surface area (Å²) in [5.41, 5.74) is 0. The first-order valence-electron chi connectivity index (χ1n) is 8.57. The summed E-state index contributed by atoms with van der Waals surface area (Å²) in [5.74, 6) is 0.299. The van der Waals surface area contributed by atoms with Crippen molar-refractivity contribution in [1.82, 2.24) is 9.62 Å². The van der Waals surface area contributed by atoms with Crippen molar-refractivity contribution in [2.24, 2.45) is 5.92 Å². The van der Waals surface area contributed by atoms with Gasteiger partial charge in [-0.05, 0) is 30.5 Å². The standard InChI is InChI=1S/C17H25ClN2O5S/c1-13(2)5-6-19-17(21)12-25-15-4-3-14(18)11-16(15)26(22,23)20-7-9-24-10-8-20/h3-4,11,13H,5-10,12H2,1-2H3,(H,19,21). The van der Waals surface area contributed by atoms with Crippen LogP contribution in [0.2, 0.25) is 5.02 Å². The molecule has 0 aliphatic carbocycles. The molecule has 2 rings (SSSR count). The van der Waals surface area contributed by atoms with Gasteiger partial charge < -0.3 is 14.8 Å². The average molecular weight is 405 g/mol. The molecule has 146 valence electrons. The molecule has 7 nitrogen and oxygen atoms in total. The molecule has 26 heavy (non-hydrogen) atoms. The molecule has 0 unspecified atom stereocenters. The number of rotatable bonds is 8. The van der Waals surface area contributed by atoms with E-state index in [0.717, 1.165) is 6.42 Å². The molecule has 1 heterocycles. The SMILES string of the molecule is CC(C)CCNC(=O)COc1ccc(Cl)cc1S(=O)(=O)N1CCOCC1. The van der Waals surface area contributed by atoms with E-state index in [-0.39, 0.29) is 41.3 Å². The number of hydrogen-bond donors (Lipinski definition) is 1. The lowest BCUT2D eigenvalue weighted by molar-refractivity contribution is -0.123. The van der Waals surface area contributed by atoms with Crippen LogP contribution in [0.15, 0.2) is 23.1 Å². The van der Waals surface area contributed by atoms with E-state index in [1.54, 1.807) is 0 Å². The number of hydrogen-bond acceptors (Lipinski definition) is 5. The highest BCUT2D eigenvalue weighted by molar-refractivity contribution is 7.89. The number of amides is 1. The number of nitrogens with zero attached hydrogens (tertiary/aromatic N) is 1. The Morgan fingerprint density at radius 2 is 2.04 bits per heavy atom. The van der Waals surface area contributed by atoms with Gasteiger partial charge in [-0.25, -0.2) is 8.42 Å². The summed E-state index contributed by atoms with van der Waals surface area (Å²) in [4.78, 5) is 11.8. The smallest absolute Gasteiger partial charge is 0.257 e. The van der Waals surface area contributed by atoms with E-state index in [0.29, 0.717) is 25.7 Å². The maximum atomic E-state index is 12.9. The third-order valence-corrected chi connectivity index (χ3v) is 6.05. The van der Waals surface area contributed by atoms with Crippen molar-refractivity contribution in [1.29, 1.82) is 0 Å². The molecule has 0 bridgehead atoms. The van der Waals surface area contributed by atoms with Crippen LogP contribution in [0.4, 0.5) is 0 Å². The van der Waals surface area contributed by atoms with Crippen molar-refractivity contribution in [3.8, 4) is 5.75 Å². The molecule has 0 atom stereocenters. The van der Waals surface area contributed by atoms with Crippen LogP contribution in [0.5, 0.6) is 5.75 Å². The van der Waals surface area contributed by atoms with Gasteiger partial charge >= 0.3 is 0 Å². The van der Waals surface area contributed by atoms with Crippen LogP contribution in [-0.4, -0.2) is 58.1 Å². The Hall–Kier alpha value is -1.35. The second kappa shape index (κ2) is 9.55.